The van der Waals surface area contributed by atoms with Crippen molar-refractivity contribution in [2.45, 2.75) is 46.0 Å². The number of benzene rings is 1. The van der Waals surface area contributed by atoms with Gasteiger partial charge in [0, 0.05) is 50.0 Å². The van der Waals surface area contributed by atoms with Crippen molar-refractivity contribution in [3.63, 3.8) is 0 Å². The molecule has 13 heteroatoms. The minimum Gasteiger partial charge on any atom is -0.444 e. The molecule has 0 spiro atoms. The first kappa shape index (κ1) is 31.9. The Balaban J connectivity index is 1.42. The van der Waals surface area contributed by atoms with Crippen LogP contribution in [0.1, 0.15) is 59.6 Å². The molecule has 0 atom stereocenters. The summed E-state index contributed by atoms with van der Waals surface area (Å²) in [6.07, 6.45) is -2.30. The molecule has 43 heavy (non-hydrogen) atoms. The Morgan fingerprint density at radius 3 is 2.40 bits per heavy atom. The second-order valence-electron chi connectivity index (χ2n) is 10.9. The van der Waals surface area contributed by atoms with E-state index in [2.05, 4.69) is 44.3 Å². The van der Waals surface area contributed by atoms with E-state index in [1.807, 2.05) is 4.90 Å². The normalized spacial score (nSPS) is 14.5. The highest BCUT2D eigenvalue weighted by atomic mass is 32.1. The Bertz CT molecular complexity index is 1520. The minimum absolute atomic E-state index is 0.125. The molecule has 2 aromatic heterocycles. The third kappa shape index (κ3) is 9.51. The van der Waals surface area contributed by atoms with Gasteiger partial charge in [-0.3, -0.25) is 15.0 Å². The number of halogens is 3. The van der Waals surface area contributed by atoms with E-state index in [4.69, 9.17) is 4.74 Å². The molecule has 2 N–H and O–H groups in total. The van der Waals surface area contributed by atoms with Crippen molar-refractivity contribution >= 4 is 34.3 Å². The van der Waals surface area contributed by atoms with E-state index in [1.54, 1.807) is 26.8 Å². The average Bonchev–Trinajstić information content (AvgIpc) is 3.38. The van der Waals surface area contributed by atoms with Gasteiger partial charge < -0.3 is 15.0 Å². The second-order valence-corrected chi connectivity index (χ2v) is 11.9. The van der Waals surface area contributed by atoms with E-state index < -0.39 is 29.3 Å². The van der Waals surface area contributed by atoms with Crippen LogP contribution in [0.15, 0.2) is 42.7 Å². The first-order chi connectivity index (χ1) is 20.3. The van der Waals surface area contributed by atoms with Crippen LogP contribution in [-0.2, 0) is 17.5 Å². The van der Waals surface area contributed by atoms with Gasteiger partial charge in [0.15, 0.2) is 5.13 Å². The van der Waals surface area contributed by atoms with E-state index in [9.17, 15) is 22.8 Å². The van der Waals surface area contributed by atoms with Gasteiger partial charge in [-0.25, -0.2) is 14.8 Å². The Hall–Kier alpha value is -3.99. The summed E-state index contributed by atoms with van der Waals surface area (Å²) in [6, 6.07) is 6.81. The third-order valence-electron chi connectivity index (χ3n) is 6.43. The lowest BCUT2D eigenvalue weighted by Crippen LogP contribution is -2.45. The van der Waals surface area contributed by atoms with Gasteiger partial charge in [0.2, 0.25) is 0 Å². The molecular formula is C30H33F3N6O3S. The fraction of sp³-hybridized carbons (Fsp3) is 0.400. The molecule has 0 unspecified atom stereocenters. The fourth-order valence-electron chi connectivity index (χ4n) is 4.30. The quantitative estimate of drug-likeness (QED) is 0.344. The number of anilines is 2. The zero-order valence-electron chi connectivity index (χ0n) is 24.3. The van der Waals surface area contributed by atoms with E-state index in [1.165, 1.54) is 30.6 Å². The highest BCUT2D eigenvalue weighted by Crippen LogP contribution is 2.33. The zero-order valence-corrected chi connectivity index (χ0v) is 25.2. The van der Waals surface area contributed by atoms with Gasteiger partial charge in [-0.2, -0.15) is 13.2 Å². The monoisotopic (exact) mass is 614 g/mol. The van der Waals surface area contributed by atoms with Crippen molar-refractivity contribution in [2.24, 2.45) is 0 Å². The molecule has 0 saturated carbocycles. The first-order valence-corrected chi connectivity index (χ1v) is 14.5. The van der Waals surface area contributed by atoms with Crippen LogP contribution >= 0.6 is 11.3 Å². The number of nitrogens with one attached hydrogen (secondary N) is 2. The number of carbonyl (C=O) groups is 2. The second kappa shape index (κ2) is 13.5. The summed E-state index contributed by atoms with van der Waals surface area (Å²) in [5.41, 5.74) is -0.949. The van der Waals surface area contributed by atoms with Crippen molar-refractivity contribution in [1.82, 2.24) is 19.8 Å². The number of ether oxygens (including phenoxy) is 1. The number of carbonyl (C=O) groups excluding carboxylic acids is 2. The van der Waals surface area contributed by atoms with Gasteiger partial charge in [-0.1, -0.05) is 30.2 Å². The highest BCUT2D eigenvalue weighted by molar-refractivity contribution is 7.16. The van der Waals surface area contributed by atoms with Gasteiger partial charge in [-0.15, -0.1) is 0 Å². The van der Waals surface area contributed by atoms with Crippen molar-refractivity contribution in [3.05, 3.63) is 69.9 Å². The van der Waals surface area contributed by atoms with E-state index in [0.29, 0.717) is 28.7 Å². The molecule has 0 bridgehead atoms. The number of hydrogen-bond acceptors (Lipinski definition) is 8. The number of likely N-dealkylation sites (N-methyl/N-ethyl adjacent to an activating group) is 1. The van der Waals surface area contributed by atoms with Gasteiger partial charge in [0.25, 0.3) is 5.91 Å². The van der Waals surface area contributed by atoms with Crippen LogP contribution in [0.25, 0.3) is 0 Å². The standard InChI is InChI=1S/C30H33F3N6O3S/c1-5-38-12-14-39(15-13-38)19-22-8-7-21(17-24(22)30(31,32)33)26(40)36-25-16-20(10-11-34-25)6-9-23-18-35-27(43-23)37-28(41)42-29(2,3)4/h7-8,10-11,16-18H,5,12-15,19H2,1-4H3,(H,34,36,40)(H,35,37,41). The lowest BCUT2D eigenvalue weighted by atomic mass is 10.0. The molecule has 1 aromatic carbocycles. The molecule has 0 radical (unpaired) electrons. The van der Waals surface area contributed by atoms with Crippen LogP contribution in [-0.4, -0.2) is 70.1 Å². The summed E-state index contributed by atoms with van der Waals surface area (Å²) < 4.78 is 47.1. The van der Waals surface area contributed by atoms with Gasteiger partial charge in [0.05, 0.1) is 16.6 Å². The van der Waals surface area contributed by atoms with Crippen molar-refractivity contribution in [2.75, 3.05) is 43.4 Å². The van der Waals surface area contributed by atoms with Gasteiger partial charge >= 0.3 is 12.3 Å². The number of piperazine rings is 1. The van der Waals surface area contributed by atoms with Crippen LogP contribution < -0.4 is 10.6 Å². The summed E-state index contributed by atoms with van der Waals surface area (Å²) in [5.74, 6) is 5.28. The van der Waals surface area contributed by atoms with Crippen LogP contribution in [0.3, 0.4) is 0 Å². The summed E-state index contributed by atoms with van der Waals surface area (Å²) in [4.78, 5) is 37.9. The Morgan fingerprint density at radius 1 is 1.00 bits per heavy atom. The molecule has 3 heterocycles. The lowest BCUT2D eigenvalue weighted by Gasteiger charge is -2.34. The predicted molar refractivity (Wildman–Crippen MR) is 159 cm³/mol. The highest BCUT2D eigenvalue weighted by Gasteiger charge is 2.34. The smallest absolute Gasteiger partial charge is 0.416 e. The van der Waals surface area contributed by atoms with E-state index in [-0.39, 0.29) is 23.5 Å². The molecule has 1 saturated heterocycles. The number of aromatic nitrogens is 2. The molecule has 0 aliphatic carbocycles. The first-order valence-electron chi connectivity index (χ1n) is 13.7. The van der Waals surface area contributed by atoms with Crippen molar-refractivity contribution in [3.8, 4) is 11.8 Å². The lowest BCUT2D eigenvalue weighted by molar-refractivity contribution is -0.138. The molecule has 1 fully saturated rings. The topological polar surface area (TPSA) is 99.7 Å². The van der Waals surface area contributed by atoms with E-state index in [0.717, 1.165) is 37.0 Å². The SMILES string of the molecule is CCN1CCN(Cc2ccc(C(=O)Nc3cc(C#Cc4cnc(NC(=O)OC(C)(C)C)s4)ccn3)cc2C(F)(F)F)CC1. The average molecular weight is 615 g/mol. The number of pyridine rings is 1. The Kier molecular flexibility index (Phi) is 10.1. The molecule has 9 nitrogen and oxygen atoms in total. The summed E-state index contributed by atoms with van der Waals surface area (Å²) >= 11 is 1.16. The van der Waals surface area contributed by atoms with Crippen LogP contribution in [0.5, 0.6) is 0 Å². The van der Waals surface area contributed by atoms with Gasteiger partial charge in [-0.05, 0) is 63.1 Å². The fourth-order valence-corrected chi connectivity index (χ4v) is 4.96. The Labute approximate surface area is 252 Å². The van der Waals surface area contributed by atoms with Crippen molar-refractivity contribution < 1.29 is 27.5 Å². The van der Waals surface area contributed by atoms with Crippen molar-refractivity contribution in [1.29, 1.82) is 0 Å². The molecule has 228 valence electrons. The maximum absolute atomic E-state index is 14.0. The third-order valence-corrected chi connectivity index (χ3v) is 7.26. The maximum atomic E-state index is 14.0. The van der Waals surface area contributed by atoms with Gasteiger partial charge in [0.1, 0.15) is 11.4 Å². The molecule has 1 aliphatic heterocycles. The summed E-state index contributed by atoms with van der Waals surface area (Å²) in [6.45, 7) is 11.4. The molecule has 1 aliphatic rings. The molecule has 2 amide bonds. The van der Waals surface area contributed by atoms with Crippen LogP contribution in [0.2, 0.25) is 0 Å². The van der Waals surface area contributed by atoms with Crippen LogP contribution in [0, 0.1) is 11.8 Å². The molecule has 3 aromatic rings. The molecular weight excluding hydrogens is 581 g/mol. The number of hydrogen-bond donors (Lipinski definition) is 2. The maximum Gasteiger partial charge on any atom is 0.416 e. The summed E-state index contributed by atoms with van der Waals surface area (Å²) in [7, 11) is 0. The van der Waals surface area contributed by atoms with Crippen LogP contribution in [0.4, 0.5) is 28.9 Å². The minimum atomic E-state index is -4.61. The number of amides is 2. The number of rotatable bonds is 6. The summed E-state index contributed by atoms with van der Waals surface area (Å²) in [5, 5.41) is 5.43. The number of alkyl halides is 3. The van der Waals surface area contributed by atoms with E-state index >= 15 is 0 Å². The largest absolute Gasteiger partial charge is 0.444 e. The number of nitrogens with zero attached hydrogens (tertiary/aromatic N) is 4. The molecule has 4 rings (SSSR count). The number of thiazole rings is 1. The Morgan fingerprint density at radius 2 is 1.72 bits per heavy atom. The predicted octanol–water partition coefficient (Wildman–Crippen LogP) is 5.69. The zero-order chi connectivity index (χ0) is 31.2.